The standard InChI is InChI=1S/C49H78O17/c1-23-38(50)43(55-11)39(51)45(60-23)64-42-26(4)59-37(21-33(42)54-10)63-41-25(3)58-36(20-32(41)53-9)62-40-24(2)57-35(19-31(40)52-8)61-28-14-16-46(5)27(18-28)12-13-30-29(46)15-17-47(6)44-34-22-56-48(44,7)66-49(30,47)65-34/h12,23-26,28-45,50-51H,13-22H2,1-11H3/t23-,24-,25-,26-,28?,29+,30-,31-,32+,33-,34-,35+,36+,37+,38-,39-,40-,41-,42-,43+,44?,45+,46+,47-,48-,49+/m1/s1. The Bertz CT molecular complexity index is 1760. The van der Waals surface area contributed by atoms with Crippen LogP contribution in [0, 0.1) is 28.6 Å². The number of rotatable bonds is 12. The SMILES string of the molecule is CO[C@@H]1[C@@H](O)[C@H](O[C@@H]2[C@@H](C)O[C@@H](O[C@H]3[C@@H](OC)C[C@H](O[C@@H]4[C@@H](C)O[C@@H](OC5CC[C@@]6(C)C(=CC[C@@H]7[C@@H]6CC[C@]6(C)C8[C@H]9CO[C@]8(C)O[C@@]76O9)C5)C[C@H]4OC)O[C@@H]3C)C[C@H]2OC)O[C@H](C)[C@H]1O. The van der Waals surface area contributed by atoms with Crippen molar-refractivity contribution in [3.63, 3.8) is 0 Å². The van der Waals surface area contributed by atoms with Crippen molar-refractivity contribution in [1.29, 1.82) is 0 Å². The first-order valence-electron chi connectivity index (χ1n) is 24.9. The molecule has 10 aliphatic rings. The molecule has 0 aromatic carbocycles. The molecular weight excluding hydrogens is 861 g/mol. The lowest BCUT2D eigenvalue weighted by molar-refractivity contribution is -0.359. The van der Waals surface area contributed by atoms with Crippen molar-refractivity contribution >= 4 is 0 Å². The summed E-state index contributed by atoms with van der Waals surface area (Å²) in [5.74, 6) is -0.0208. The zero-order valence-electron chi connectivity index (χ0n) is 40.9. The maximum atomic E-state index is 10.9. The Morgan fingerprint density at radius 1 is 0.621 bits per heavy atom. The number of allylic oxidation sites excluding steroid dienone is 1. The van der Waals surface area contributed by atoms with Gasteiger partial charge >= 0.3 is 0 Å². The molecule has 2 unspecified atom stereocenters. The molecule has 0 amide bonds. The molecule has 0 aromatic heterocycles. The van der Waals surface area contributed by atoms with E-state index in [1.165, 1.54) is 19.1 Å². The Balaban J connectivity index is 0.720. The maximum absolute atomic E-state index is 10.9. The van der Waals surface area contributed by atoms with Gasteiger partial charge in [-0.3, -0.25) is 0 Å². The number of methoxy groups -OCH3 is 4. The molecule has 7 saturated heterocycles. The number of aliphatic hydroxyl groups excluding tert-OH is 2. The highest BCUT2D eigenvalue weighted by atomic mass is 16.8. The fraction of sp³-hybridized carbons (Fsp3) is 0.959. The second kappa shape index (κ2) is 18.3. The summed E-state index contributed by atoms with van der Waals surface area (Å²) in [4.78, 5) is 0. The van der Waals surface area contributed by atoms with Crippen molar-refractivity contribution in [2.45, 2.75) is 235 Å². The van der Waals surface area contributed by atoms with Crippen LogP contribution in [-0.4, -0.2) is 174 Å². The van der Waals surface area contributed by atoms with Crippen LogP contribution in [0.5, 0.6) is 0 Å². The highest BCUT2D eigenvalue weighted by molar-refractivity contribution is 5.30. The Labute approximate surface area is 390 Å². The predicted molar refractivity (Wildman–Crippen MR) is 231 cm³/mol. The molecule has 0 spiro atoms. The zero-order valence-corrected chi connectivity index (χ0v) is 40.9. The zero-order chi connectivity index (χ0) is 46.7. The van der Waals surface area contributed by atoms with Gasteiger partial charge in [0.05, 0.1) is 67.5 Å². The van der Waals surface area contributed by atoms with E-state index in [1.54, 1.807) is 28.3 Å². The summed E-state index contributed by atoms with van der Waals surface area (Å²) in [5, 5.41) is 21.3. The fourth-order valence-corrected chi connectivity index (χ4v) is 14.9. The lowest BCUT2D eigenvalue weighted by Gasteiger charge is -2.59. The normalized spacial score (nSPS) is 56.7. The number of hydrogen-bond donors (Lipinski definition) is 2. The summed E-state index contributed by atoms with van der Waals surface area (Å²) < 4.78 is 95.1. The van der Waals surface area contributed by atoms with Crippen LogP contribution in [0.4, 0.5) is 0 Å². The quantitative estimate of drug-likeness (QED) is 0.261. The monoisotopic (exact) mass is 939 g/mol. The molecule has 7 aliphatic heterocycles. The van der Waals surface area contributed by atoms with Crippen LogP contribution >= 0.6 is 0 Å². The van der Waals surface area contributed by atoms with Crippen LogP contribution in [0.25, 0.3) is 0 Å². The molecule has 2 bridgehead atoms. The van der Waals surface area contributed by atoms with E-state index in [9.17, 15) is 10.2 Å². The van der Waals surface area contributed by atoms with Crippen molar-refractivity contribution in [1.82, 2.24) is 0 Å². The molecule has 2 N–H and O–H groups in total. The molecule has 17 nitrogen and oxygen atoms in total. The Morgan fingerprint density at radius 3 is 1.76 bits per heavy atom. The van der Waals surface area contributed by atoms with Gasteiger partial charge in [0, 0.05) is 59.0 Å². The summed E-state index contributed by atoms with van der Waals surface area (Å²) in [6.07, 6.45) is -0.0918. The Kier molecular flexibility index (Phi) is 13.5. The lowest BCUT2D eigenvalue weighted by atomic mass is 9.48. The van der Waals surface area contributed by atoms with Gasteiger partial charge in [0.15, 0.2) is 36.7 Å². The van der Waals surface area contributed by atoms with Crippen molar-refractivity contribution in [2.75, 3.05) is 35.0 Å². The summed E-state index contributed by atoms with van der Waals surface area (Å²) >= 11 is 0. The number of aliphatic hydroxyl groups is 2. The van der Waals surface area contributed by atoms with E-state index in [0.29, 0.717) is 43.6 Å². The van der Waals surface area contributed by atoms with Crippen LogP contribution in [0.1, 0.15) is 106 Å². The first kappa shape index (κ1) is 48.7. The van der Waals surface area contributed by atoms with Gasteiger partial charge in [0.25, 0.3) is 0 Å². The topological polar surface area (TPSA) is 179 Å². The average Bonchev–Trinajstić information content (AvgIpc) is 3.77. The molecule has 2 saturated carbocycles. The van der Waals surface area contributed by atoms with E-state index in [-0.39, 0.29) is 41.3 Å². The molecule has 3 aliphatic carbocycles. The van der Waals surface area contributed by atoms with Gasteiger partial charge in [-0.15, -0.1) is 0 Å². The summed E-state index contributed by atoms with van der Waals surface area (Å²) in [6, 6.07) is 0. The van der Waals surface area contributed by atoms with E-state index >= 15 is 0 Å². The van der Waals surface area contributed by atoms with E-state index in [2.05, 4.69) is 26.8 Å². The Morgan fingerprint density at radius 2 is 1.20 bits per heavy atom. The predicted octanol–water partition coefficient (Wildman–Crippen LogP) is 4.50. The van der Waals surface area contributed by atoms with Crippen molar-refractivity contribution in [3.05, 3.63) is 11.6 Å². The van der Waals surface area contributed by atoms with Gasteiger partial charge in [-0.1, -0.05) is 25.5 Å². The molecule has 66 heavy (non-hydrogen) atoms. The molecule has 9 fully saturated rings. The minimum absolute atomic E-state index is 0.0225. The average molecular weight is 939 g/mol. The molecule has 0 aromatic rings. The summed E-state index contributed by atoms with van der Waals surface area (Å²) in [6.45, 7) is 15.2. The lowest BCUT2D eigenvalue weighted by Crippen LogP contribution is -2.61. The molecule has 7 heterocycles. The van der Waals surface area contributed by atoms with Gasteiger partial charge in [0.1, 0.15) is 36.6 Å². The number of hydrogen-bond acceptors (Lipinski definition) is 17. The summed E-state index contributed by atoms with van der Waals surface area (Å²) in [7, 11) is 6.41. The first-order valence-corrected chi connectivity index (χ1v) is 24.9. The Hall–Kier alpha value is -0.940. The third-order valence-corrected chi connectivity index (χ3v) is 18.3. The van der Waals surface area contributed by atoms with Crippen molar-refractivity contribution in [2.24, 2.45) is 28.6 Å². The second-order valence-corrected chi connectivity index (χ2v) is 21.8. The van der Waals surface area contributed by atoms with E-state index in [0.717, 1.165) is 32.1 Å². The van der Waals surface area contributed by atoms with E-state index in [4.69, 9.17) is 71.1 Å². The van der Waals surface area contributed by atoms with Crippen LogP contribution in [0.3, 0.4) is 0 Å². The summed E-state index contributed by atoms with van der Waals surface area (Å²) in [5.41, 5.74) is 1.56. The van der Waals surface area contributed by atoms with Crippen LogP contribution < -0.4 is 0 Å². The van der Waals surface area contributed by atoms with Gasteiger partial charge in [-0.25, -0.2) is 0 Å². The van der Waals surface area contributed by atoms with E-state index in [1.807, 2.05) is 20.8 Å². The third-order valence-electron chi connectivity index (χ3n) is 18.3. The first-order chi connectivity index (χ1) is 31.5. The molecule has 376 valence electrons. The fourth-order valence-electron chi connectivity index (χ4n) is 14.9. The molecule has 0 radical (unpaired) electrons. The molecule has 17 heteroatoms. The van der Waals surface area contributed by atoms with Crippen LogP contribution in [0.2, 0.25) is 0 Å². The van der Waals surface area contributed by atoms with Gasteiger partial charge in [-0.2, -0.15) is 0 Å². The van der Waals surface area contributed by atoms with Gasteiger partial charge < -0.3 is 81.3 Å². The van der Waals surface area contributed by atoms with Gasteiger partial charge in [-0.05, 0) is 84.5 Å². The van der Waals surface area contributed by atoms with Crippen LogP contribution in [-0.2, 0) is 71.1 Å². The molecule has 10 rings (SSSR count). The van der Waals surface area contributed by atoms with Gasteiger partial charge in [0.2, 0.25) is 0 Å². The third kappa shape index (κ3) is 7.84. The second-order valence-electron chi connectivity index (χ2n) is 21.8. The molecule has 26 atom stereocenters. The number of fused-ring (bicyclic) bond motifs is 3. The largest absolute Gasteiger partial charge is 0.388 e. The highest BCUT2D eigenvalue weighted by Crippen LogP contribution is 2.76. The highest BCUT2D eigenvalue weighted by Gasteiger charge is 2.83. The van der Waals surface area contributed by atoms with Crippen LogP contribution in [0.15, 0.2) is 11.6 Å². The minimum Gasteiger partial charge on any atom is -0.388 e. The van der Waals surface area contributed by atoms with E-state index < -0.39 is 97.8 Å². The number of ether oxygens (including phenoxy) is 15. The minimum atomic E-state index is -1.21. The smallest absolute Gasteiger partial charge is 0.187 e. The maximum Gasteiger partial charge on any atom is 0.187 e. The van der Waals surface area contributed by atoms with Crippen molar-refractivity contribution < 1.29 is 81.3 Å². The van der Waals surface area contributed by atoms with Crippen molar-refractivity contribution in [3.8, 4) is 0 Å². The molecular formula is C49H78O17.